The second-order valence-corrected chi connectivity index (χ2v) is 7.33. The summed E-state index contributed by atoms with van der Waals surface area (Å²) in [5.41, 5.74) is -0.0119. The van der Waals surface area contributed by atoms with Gasteiger partial charge in [-0.05, 0) is 38.3 Å². The van der Waals surface area contributed by atoms with Crippen molar-refractivity contribution in [2.24, 2.45) is 11.3 Å². The fourth-order valence-corrected chi connectivity index (χ4v) is 3.88. The number of carbonyl (C=O) groups is 3. The Morgan fingerprint density at radius 2 is 1.84 bits per heavy atom. The molecule has 1 aromatic carbocycles. The highest BCUT2D eigenvalue weighted by Crippen LogP contribution is 2.34. The first kappa shape index (κ1) is 17.5. The van der Waals surface area contributed by atoms with Crippen molar-refractivity contribution in [2.45, 2.75) is 26.2 Å². The number of carboxylic acid groups (broad SMARTS) is 1. The maximum atomic E-state index is 13.0. The van der Waals surface area contributed by atoms with Crippen LogP contribution in [0, 0.1) is 11.3 Å². The summed E-state index contributed by atoms with van der Waals surface area (Å²) in [6, 6.07) is 9.10. The lowest BCUT2D eigenvalue weighted by molar-refractivity contribution is -0.144. The van der Waals surface area contributed by atoms with Crippen molar-refractivity contribution in [3.05, 3.63) is 35.9 Å². The van der Waals surface area contributed by atoms with E-state index in [-0.39, 0.29) is 18.4 Å². The fourth-order valence-electron chi connectivity index (χ4n) is 3.88. The predicted octanol–water partition coefficient (Wildman–Crippen LogP) is 1.86. The SMILES string of the molecule is CC1(C(=O)N2CCC(C(=O)O)C2)CCCN(C(=O)c2ccccc2)C1. The zero-order valence-electron chi connectivity index (χ0n) is 14.5. The number of nitrogens with zero attached hydrogens (tertiary/aromatic N) is 2. The van der Waals surface area contributed by atoms with Crippen LogP contribution in [0.1, 0.15) is 36.5 Å². The topological polar surface area (TPSA) is 77.9 Å². The van der Waals surface area contributed by atoms with Gasteiger partial charge in [0.05, 0.1) is 11.3 Å². The Morgan fingerprint density at radius 1 is 1.12 bits per heavy atom. The maximum Gasteiger partial charge on any atom is 0.308 e. The summed E-state index contributed by atoms with van der Waals surface area (Å²) < 4.78 is 0. The van der Waals surface area contributed by atoms with Crippen molar-refractivity contribution in [3.63, 3.8) is 0 Å². The Hall–Kier alpha value is -2.37. The number of piperidine rings is 1. The summed E-state index contributed by atoms with van der Waals surface area (Å²) in [6.07, 6.45) is 2.00. The summed E-state index contributed by atoms with van der Waals surface area (Å²) in [5.74, 6) is -1.39. The van der Waals surface area contributed by atoms with Gasteiger partial charge in [0, 0.05) is 31.7 Å². The van der Waals surface area contributed by atoms with Crippen LogP contribution in [0.25, 0.3) is 0 Å². The fraction of sp³-hybridized carbons (Fsp3) is 0.526. The molecule has 2 amide bonds. The smallest absolute Gasteiger partial charge is 0.308 e. The van der Waals surface area contributed by atoms with E-state index in [0.717, 1.165) is 12.8 Å². The van der Waals surface area contributed by atoms with E-state index >= 15 is 0 Å². The van der Waals surface area contributed by atoms with Crippen LogP contribution in [-0.2, 0) is 9.59 Å². The summed E-state index contributed by atoms with van der Waals surface area (Å²) in [7, 11) is 0. The van der Waals surface area contributed by atoms with Gasteiger partial charge in [0.1, 0.15) is 0 Å². The first-order valence-electron chi connectivity index (χ1n) is 8.77. The van der Waals surface area contributed by atoms with E-state index in [9.17, 15) is 14.4 Å². The van der Waals surface area contributed by atoms with Crippen molar-refractivity contribution >= 4 is 17.8 Å². The first-order valence-corrected chi connectivity index (χ1v) is 8.77. The number of rotatable bonds is 3. The quantitative estimate of drug-likeness (QED) is 0.908. The Bertz CT molecular complexity index is 675. The highest BCUT2D eigenvalue weighted by atomic mass is 16.4. The van der Waals surface area contributed by atoms with Gasteiger partial charge in [0.15, 0.2) is 0 Å². The van der Waals surface area contributed by atoms with Gasteiger partial charge in [-0.2, -0.15) is 0 Å². The van der Waals surface area contributed by atoms with Gasteiger partial charge in [-0.25, -0.2) is 0 Å². The number of aliphatic carboxylic acids is 1. The third-order valence-corrected chi connectivity index (χ3v) is 5.35. The van der Waals surface area contributed by atoms with Crippen LogP contribution in [0.3, 0.4) is 0 Å². The lowest BCUT2D eigenvalue weighted by Gasteiger charge is -2.41. The molecule has 2 saturated heterocycles. The number of carboxylic acids is 1. The molecule has 1 N–H and O–H groups in total. The van der Waals surface area contributed by atoms with Crippen molar-refractivity contribution < 1.29 is 19.5 Å². The number of benzene rings is 1. The summed E-state index contributed by atoms with van der Waals surface area (Å²) >= 11 is 0. The van der Waals surface area contributed by atoms with Gasteiger partial charge in [-0.3, -0.25) is 14.4 Å². The molecule has 3 rings (SSSR count). The minimum absolute atomic E-state index is 0.0261. The van der Waals surface area contributed by atoms with Gasteiger partial charge in [-0.15, -0.1) is 0 Å². The van der Waals surface area contributed by atoms with Crippen molar-refractivity contribution in [1.29, 1.82) is 0 Å². The largest absolute Gasteiger partial charge is 0.481 e. The average Bonchev–Trinajstić information content (AvgIpc) is 3.11. The van der Waals surface area contributed by atoms with Crippen LogP contribution in [0.5, 0.6) is 0 Å². The minimum atomic E-state index is -0.843. The standard InChI is InChI=1S/C19H24N2O4/c1-19(18(25)20-11-8-15(12-20)17(23)24)9-5-10-21(13-19)16(22)14-6-3-2-4-7-14/h2-4,6-7,15H,5,8-13H2,1H3,(H,23,24). The van der Waals surface area contributed by atoms with Crippen LogP contribution < -0.4 is 0 Å². The lowest BCUT2D eigenvalue weighted by Crippen LogP contribution is -2.52. The first-order chi connectivity index (χ1) is 11.9. The Kier molecular flexibility index (Phi) is 4.79. The molecule has 6 nitrogen and oxygen atoms in total. The van der Waals surface area contributed by atoms with E-state index in [0.29, 0.717) is 31.6 Å². The normalized spacial score (nSPS) is 26.5. The van der Waals surface area contributed by atoms with Crippen molar-refractivity contribution in [2.75, 3.05) is 26.2 Å². The van der Waals surface area contributed by atoms with Crippen LogP contribution >= 0.6 is 0 Å². The molecule has 2 aliphatic heterocycles. The van der Waals surface area contributed by atoms with E-state index in [2.05, 4.69) is 0 Å². The molecule has 0 spiro atoms. The molecule has 134 valence electrons. The van der Waals surface area contributed by atoms with Gasteiger partial charge in [0.25, 0.3) is 5.91 Å². The maximum absolute atomic E-state index is 13.0. The van der Waals surface area contributed by atoms with Gasteiger partial charge in [0.2, 0.25) is 5.91 Å². The molecule has 0 saturated carbocycles. The van der Waals surface area contributed by atoms with Crippen LogP contribution in [0.4, 0.5) is 0 Å². The van der Waals surface area contributed by atoms with E-state index in [1.165, 1.54) is 0 Å². The number of hydrogen-bond donors (Lipinski definition) is 1. The molecule has 0 bridgehead atoms. The zero-order valence-corrected chi connectivity index (χ0v) is 14.5. The molecule has 0 aliphatic carbocycles. The third kappa shape index (κ3) is 3.52. The van der Waals surface area contributed by atoms with Crippen molar-refractivity contribution in [3.8, 4) is 0 Å². The highest BCUT2D eigenvalue weighted by molar-refractivity contribution is 5.95. The van der Waals surface area contributed by atoms with Crippen LogP contribution in [-0.4, -0.2) is 58.9 Å². The number of amides is 2. The number of likely N-dealkylation sites (tertiary alicyclic amines) is 2. The van der Waals surface area contributed by atoms with Gasteiger partial charge >= 0.3 is 5.97 Å². The molecule has 6 heteroatoms. The molecule has 2 aliphatic rings. The monoisotopic (exact) mass is 344 g/mol. The average molecular weight is 344 g/mol. The molecule has 0 aromatic heterocycles. The van der Waals surface area contributed by atoms with Crippen LogP contribution in [0.15, 0.2) is 30.3 Å². The number of hydrogen-bond acceptors (Lipinski definition) is 3. The number of carbonyl (C=O) groups excluding carboxylic acids is 2. The van der Waals surface area contributed by atoms with E-state index < -0.39 is 17.3 Å². The van der Waals surface area contributed by atoms with Crippen LogP contribution in [0.2, 0.25) is 0 Å². The molecular formula is C19H24N2O4. The zero-order chi connectivity index (χ0) is 18.0. The molecule has 25 heavy (non-hydrogen) atoms. The van der Waals surface area contributed by atoms with E-state index in [1.807, 2.05) is 25.1 Å². The summed E-state index contributed by atoms with van der Waals surface area (Å²) in [5, 5.41) is 9.14. The molecule has 2 heterocycles. The Morgan fingerprint density at radius 3 is 2.48 bits per heavy atom. The molecule has 2 fully saturated rings. The van der Waals surface area contributed by atoms with Crippen molar-refractivity contribution in [1.82, 2.24) is 9.80 Å². The summed E-state index contributed by atoms with van der Waals surface area (Å²) in [6.45, 7) is 3.68. The second-order valence-electron chi connectivity index (χ2n) is 7.33. The molecule has 2 unspecified atom stereocenters. The molecule has 1 aromatic rings. The van der Waals surface area contributed by atoms with Gasteiger partial charge in [-0.1, -0.05) is 18.2 Å². The predicted molar refractivity (Wildman–Crippen MR) is 92.0 cm³/mol. The van der Waals surface area contributed by atoms with Gasteiger partial charge < -0.3 is 14.9 Å². The second kappa shape index (κ2) is 6.86. The third-order valence-electron chi connectivity index (χ3n) is 5.35. The Labute approximate surface area is 147 Å². The minimum Gasteiger partial charge on any atom is -0.481 e. The van der Waals surface area contributed by atoms with E-state index in [1.54, 1.807) is 21.9 Å². The molecular weight excluding hydrogens is 320 g/mol. The Balaban J connectivity index is 1.70. The molecule has 2 atom stereocenters. The van der Waals surface area contributed by atoms with E-state index in [4.69, 9.17) is 5.11 Å². The summed E-state index contributed by atoms with van der Waals surface area (Å²) in [4.78, 5) is 40.2. The lowest BCUT2D eigenvalue weighted by atomic mass is 9.80. The highest BCUT2D eigenvalue weighted by Gasteiger charge is 2.44. The molecule has 0 radical (unpaired) electrons.